The fraction of sp³-hybridized carbons (Fsp3) is 0.273. The number of nitro groups is 1. The Morgan fingerprint density at radius 2 is 1.87 bits per heavy atom. The van der Waals surface area contributed by atoms with Gasteiger partial charge in [0, 0.05) is 42.2 Å². The Morgan fingerprint density at radius 3 is 2.68 bits per heavy atom. The number of benzene rings is 2. The van der Waals surface area contributed by atoms with Gasteiger partial charge in [-0.1, -0.05) is 17.7 Å². The molecule has 158 valence electrons. The average Bonchev–Trinajstić information content (AvgIpc) is 3.22. The van der Waals surface area contributed by atoms with Gasteiger partial charge in [0.15, 0.2) is 17.3 Å². The number of anilines is 1. The Kier molecular flexibility index (Phi) is 4.66. The molecule has 1 atom stereocenters. The van der Waals surface area contributed by atoms with E-state index in [9.17, 15) is 19.7 Å². The van der Waals surface area contributed by atoms with Crippen LogP contribution in [0, 0.1) is 10.1 Å². The van der Waals surface area contributed by atoms with Crippen molar-refractivity contribution in [2.75, 3.05) is 11.7 Å². The van der Waals surface area contributed by atoms with Crippen molar-refractivity contribution in [1.29, 1.82) is 0 Å². The van der Waals surface area contributed by atoms with Crippen molar-refractivity contribution in [2.45, 2.75) is 31.6 Å². The zero-order valence-corrected chi connectivity index (χ0v) is 17.1. The third kappa shape index (κ3) is 3.23. The summed E-state index contributed by atoms with van der Waals surface area (Å²) < 4.78 is 10.8. The fourth-order valence-corrected chi connectivity index (χ4v) is 4.68. The molecule has 0 radical (unpaired) electrons. The Morgan fingerprint density at radius 1 is 1.06 bits per heavy atom. The first-order chi connectivity index (χ1) is 14.9. The topological polar surface area (TPSA) is 99.0 Å². The number of ketones is 1. The van der Waals surface area contributed by atoms with Crippen LogP contribution in [0.2, 0.25) is 5.02 Å². The molecule has 3 aliphatic rings. The normalized spacial score (nSPS) is 20.2. The number of nitro benzene ring substituents is 1. The highest BCUT2D eigenvalue weighted by molar-refractivity contribution is 6.34. The molecule has 5 rings (SSSR count). The van der Waals surface area contributed by atoms with E-state index >= 15 is 0 Å². The SMILES string of the molecule is O=C1CCCC2=C1C(c1ccc3c(c1)OCO3)CC(=O)N2c1cc([N+](=O)[O-])ccc1Cl. The van der Waals surface area contributed by atoms with E-state index in [0.717, 1.165) is 5.56 Å². The molecule has 0 aromatic heterocycles. The van der Waals surface area contributed by atoms with Crippen molar-refractivity contribution in [2.24, 2.45) is 0 Å². The summed E-state index contributed by atoms with van der Waals surface area (Å²) in [6.07, 6.45) is 1.54. The quantitative estimate of drug-likeness (QED) is 0.514. The number of rotatable bonds is 3. The molecule has 1 aliphatic carbocycles. The van der Waals surface area contributed by atoms with Crippen LogP contribution in [-0.4, -0.2) is 23.4 Å². The van der Waals surface area contributed by atoms with Gasteiger partial charge in [0.05, 0.1) is 15.6 Å². The van der Waals surface area contributed by atoms with E-state index in [-0.39, 0.29) is 41.3 Å². The molecule has 31 heavy (non-hydrogen) atoms. The van der Waals surface area contributed by atoms with Gasteiger partial charge in [-0.05, 0) is 36.6 Å². The minimum atomic E-state index is -0.537. The summed E-state index contributed by atoms with van der Waals surface area (Å²) in [5.41, 5.74) is 1.98. The minimum absolute atomic E-state index is 0.0250. The zero-order valence-electron chi connectivity index (χ0n) is 16.3. The van der Waals surface area contributed by atoms with Crippen molar-refractivity contribution >= 4 is 34.7 Å². The van der Waals surface area contributed by atoms with Gasteiger partial charge in [-0.3, -0.25) is 24.6 Å². The van der Waals surface area contributed by atoms with Crippen molar-refractivity contribution < 1.29 is 24.0 Å². The van der Waals surface area contributed by atoms with E-state index in [1.54, 1.807) is 6.07 Å². The van der Waals surface area contributed by atoms with Crippen LogP contribution in [0.25, 0.3) is 0 Å². The molecule has 2 aromatic carbocycles. The van der Waals surface area contributed by atoms with Crippen LogP contribution in [0.3, 0.4) is 0 Å². The number of hydrogen-bond acceptors (Lipinski definition) is 6. The Hall–Kier alpha value is -3.39. The largest absolute Gasteiger partial charge is 0.454 e. The van der Waals surface area contributed by atoms with Crippen molar-refractivity contribution in [3.63, 3.8) is 0 Å². The van der Waals surface area contributed by atoms with Crippen molar-refractivity contribution in [1.82, 2.24) is 0 Å². The maximum atomic E-state index is 13.3. The summed E-state index contributed by atoms with van der Waals surface area (Å²) in [5, 5.41) is 11.5. The van der Waals surface area contributed by atoms with Gasteiger partial charge in [0.25, 0.3) is 5.69 Å². The summed E-state index contributed by atoms with van der Waals surface area (Å²) in [4.78, 5) is 38.4. The van der Waals surface area contributed by atoms with Crippen LogP contribution in [0.1, 0.15) is 37.2 Å². The Bertz CT molecular complexity index is 1170. The predicted octanol–water partition coefficient (Wildman–Crippen LogP) is 4.50. The highest BCUT2D eigenvalue weighted by Gasteiger charge is 2.41. The molecule has 0 spiro atoms. The molecule has 1 amide bonds. The maximum Gasteiger partial charge on any atom is 0.271 e. The monoisotopic (exact) mass is 440 g/mol. The molecular weight excluding hydrogens is 424 g/mol. The number of carbonyl (C=O) groups excluding carboxylic acids is 2. The summed E-state index contributed by atoms with van der Waals surface area (Å²) in [6.45, 7) is 0.133. The number of halogens is 1. The lowest BCUT2D eigenvalue weighted by molar-refractivity contribution is -0.384. The van der Waals surface area contributed by atoms with Crippen LogP contribution >= 0.6 is 11.6 Å². The van der Waals surface area contributed by atoms with Crippen molar-refractivity contribution in [3.8, 4) is 11.5 Å². The first-order valence-corrected chi connectivity index (χ1v) is 10.2. The molecule has 0 N–H and O–H groups in total. The third-order valence-electron chi connectivity index (χ3n) is 5.86. The third-order valence-corrected chi connectivity index (χ3v) is 6.18. The van der Waals surface area contributed by atoms with Gasteiger partial charge in [0.1, 0.15) is 0 Å². The van der Waals surface area contributed by atoms with Crippen LogP contribution in [0.5, 0.6) is 11.5 Å². The van der Waals surface area contributed by atoms with E-state index < -0.39 is 10.8 Å². The van der Waals surface area contributed by atoms with Crippen LogP contribution < -0.4 is 14.4 Å². The van der Waals surface area contributed by atoms with E-state index in [1.807, 2.05) is 12.1 Å². The molecule has 2 aromatic rings. The summed E-state index contributed by atoms with van der Waals surface area (Å²) in [5.74, 6) is 0.500. The number of allylic oxidation sites excluding steroid dienone is 2. The first kappa shape index (κ1) is 19.6. The average molecular weight is 441 g/mol. The number of amides is 1. The summed E-state index contributed by atoms with van der Waals surface area (Å²) in [6, 6.07) is 9.40. The highest BCUT2D eigenvalue weighted by Crippen LogP contribution is 2.46. The highest BCUT2D eigenvalue weighted by atomic mass is 35.5. The smallest absolute Gasteiger partial charge is 0.271 e. The number of hydrogen-bond donors (Lipinski definition) is 0. The minimum Gasteiger partial charge on any atom is -0.454 e. The molecule has 2 heterocycles. The van der Waals surface area contributed by atoms with E-state index in [2.05, 4.69) is 0 Å². The van der Waals surface area contributed by atoms with Gasteiger partial charge in [-0.15, -0.1) is 0 Å². The number of Topliss-reactive ketones (excluding diaryl/α,β-unsaturated/α-hetero) is 1. The van der Waals surface area contributed by atoms with Gasteiger partial charge in [-0.2, -0.15) is 0 Å². The molecule has 0 fully saturated rings. The second-order valence-corrected chi connectivity index (χ2v) is 8.04. The van der Waals surface area contributed by atoms with E-state index in [0.29, 0.717) is 42.0 Å². The van der Waals surface area contributed by atoms with Crippen LogP contribution in [-0.2, 0) is 9.59 Å². The molecular formula is C22H17ClN2O6. The number of carbonyl (C=O) groups is 2. The summed E-state index contributed by atoms with van der Waals surface area (Å²) >= 11 is 6.33. The molecule has 0 saturated carbocycles. The lowest BCUT2D eigenvalue weighted by Gasteiger charge is -2.38. The molecule has 8 nitrogen and oxygen atoms in total. The Balaban J connectivity index is 1.65. The standard InChI is InChI=1S/C22H17ClN2O6/c23-15-6-5-13(25(28)29)9-17(15)24-16-2-1-3-18(26)22(16)14(10-21(24)27)12-4-7-19-20(8-12)31-11-30-19/h4-9,14H,1-3,10-11H2. The second kappa shape index (κ2) is 7.39. The van der Waals surface area contributed by atoms with Crippen LogP contribution in [0.4, 0.5) is 11.4 Å². The zero-order chi connectivity index (χ0) is 21.7. The lowest BCUT2D eigenvalue weighted by Crippen LogP contribution is -2.40. The number of non-ortho nitro benzene ring substituents is 1. The van der Waals surface area contributed by atoms with E-state index in [1.165, 1.54) is 23.1 Å². The molecule has 0 bridgehead atoms. The first-order valence-electron chi connectivity index (χ1n) is 9.86. The van der Waals surface area contributed by atoms with E-state index in [4.69, 9.17) is 21.1 Å². The number of nitrogens with zero attached hydrogens (tertiary/aromatic N) is 2. The Labute approximate surface area is 182 Å². The van der Waals surface area contributed by atoms with Gasteiger partial charge in [0.2, 0.25) is 12.7 Å². The molecule has 1 unspecified atom stereocenters. The van der Waals surface area contributed by atoms with Gasteiger partial charge < -0.3 is 9.47 Å². The fourth-order valence-electron chi connectivity index (χ4n) is 4.47. The van der Waals surface area contributed by atoms with Crippen LogP contribution in [0.15, 0.2) is 47.7 Å². The molecule has 9 heteroatoms. The maximum absolute atomic E-state index is 13.3. The molecule has 0 saturated heterocycles. The number of fused-ring (bicyclic) bond motifs is 1. The summed E-state index contributed by atoms with van der Waals surface area (Å²) in [7, 11) is 0. The lowest BCUT2D eigenvalue weighted by atomic mass is 9.77. The second-order valence-electron chi connectivity index (χ2n) is 7.63. The number of ether oxygens (including phenoxy) is 2. The molecule has 2 aliphatic heterocycles. The van der Waals surface area contributed by atoms with Gasteiger partial charge in [-0.25, -0.2) is 0 Å². The van der Waals surface area contributed by atoms with Gasteiger partial charge >= 0.3 is 0 Å². The van der Waals surface area contributed by atoms with Crippen molar-refractivity contribution in [3.05, 3.63) is 68.4 Å². The predicted molar refractivity (Wildman–Crippen MR) is 111 cm³/mol.